The number of halogens is 2. The maximum atomic E-state index is 13.3. The fraction of sp³-hybridized carbons (Fsp3) is 0.435. The van der Waals surface area contributed by atoms with E-state index >= 15 is 0 Å². The summed E-state index contributed by atoms with van der Waals surface area (Å²) < 4.78 is 32.0. The minimum Gasteiger partial charge on any atom is -0.494 e. The molecular formula is C23H25F2N7O. The van der Waals surface area contributed by atoms with Crippen LogP contribution in [0.15, 0.2) is 46.5 Å². The zero-order valence-corrected chi connectivity index (χ0v) is 18.1. The molecule has 33 heavy (non-hydrogen) atoms. The molecule has 0 saturated heterocycles. The first-order valence-corrected chi connectivity index (χ1v) is 11.0. The molecule has 6 rings (SSSR count). The Hall–Kier alpha value is -3.27. The van der Waals surface area contributed by atoms with Gasteiger partial charge in [0.15, 0.2) is 6.17 Å². The van der Waals surface area contributed by atoms with E-state index in [2.05, 4.69) is 15.4 Å². The Morgan fingerprint density at radius 1 is 1.15 bits per heavy atom. The second kappa shape index (κ2) is 6.86. The molecule has 0 amide bonds. The van der Waals surface area contributed by atoms with Gasteiger partial charge in [-0.05, 0) is 30.5 Å². The summed E-state index contributed by atoms with van der Waals surface area (Å²) in [4.78, 5) is 14.0. The van der Waals surface area contributed by atoms with Crippen molar-refractivity contribution in [3.63, 3.8) is 0 Å². The van der Waals surface area contributed by atoms with Gasteiger partial charge in [-0.1, -0.05) is 18.2 Å². The predicted octanol–water partition coefficient (Wildman–Crippen LogP) is 3.04. The highest BCUT2D eigenvalue weighted by Crippen LogP contribution is 2.50. The van der Waals surface area contributed by atoms with Crippen molar-refractivity contribution in [2.24, 2.45) is 27.4 Å². The normalized spacial score (nSPS) is 28.4. The lowest BCUT2D eigenvalue weighted by Crippen LogP contribution is -2.55. The summed E-state index contributed by atoms with van der Waals surface area (Å²) in [6.07, 6.45) is 2.53. The number of rotatable bonds is 4. The van der Waals surface area contributed by atoms with E-state index in [-0.39, 0.29) is 24.9 Å². The molecule has 3 heterocycles. The van der Waals surface area contributed by atoms with Gasteiger partial charge in [-0.3, -0.25) is 10.4 Å². The highest BCUT2D eigenvalue weighted by atomic mass is 19.3. The van der Waals surface area contributed by atoms with Crippen molar-refractivity contribution in [3.05, 3.63) is 53.3 Å². The molecule has 0 bridgehead atoms. The molecule has 10 heteroatoms. The summed E-state index contributed by atoms with van der Waals surface area (Å²) in [5.41, 5.74) is 18.0. The molecule has 1 aromatic heterocycles. The number of amidine groups is 1. The van der Waals surface area contributed by atoms with Gasteiger partial charge in [0.1, 0.15) is 17.3 Å². The lowest BCUT2D eigenvalue weighted by Gasteiger charge is -2.44. The quantitative estimate of drug-likeness (QED) is 0.656. The van der Waals surface area contributed by atoms with Crippen LogP contribution in [0.25, 0.3) is 0 Å². The number of alkyl halides is 2. The third kappa shape index (κ3) is 3.15. The number of hydrogen-bond donors (Lipinski definition) is 3. The second-order valence-electron chi connectivity index (χ2n) is 9.44. The van der Waals surface area contributed by atoms with Gasteiger partial charge in [-0.15, -0.1) is 0 Å². The van der Waals surface area contributed by atoms with Gasteiger partial charge in [-0.25, -0.2) is 23.8 Å². The number of hydrogen-bond acceptors (Lipinski definition) is 8. The van der Waals surface area contributed by atoms with Crippen molar-refractivity contribution in [2.45, 2.75) is 49.2 Å². The van der Waals surface area contributed by atoms with Crippen LogP contribution in [0.3, 0.4) is 0 Å². The molecule has 2 aromatic rings. The summed E-state index contributed by atoms with van der Waals surface area (Å²) in [6.45, 7) is 0. The van der Waals surface area contributed by atoms with Gasteiger partial charge in [-0.2, -0.15) is 0 Å². The van der Waals surface area contributed by atoms with Crippen LogP contribution < -0.4 is 21.6 Å². The molecule has 172 valence electrons. The molecule has 2 fully saturated rings. The van der Waals surface area contributed by atoms with Crippen LogP contribution in [0.2, 0.25) is 0 Å². The Morgan fingerprint density at radius 3 is 2.61 bits per heavy atom. The molecule has 2 aliphatic carbocycles. The summed E-state index contributed by atoms with van der Waals surface area (Å²) in [5, 5.41) is 1.78. The molecule has 1 atom stereocenters. The number of methoxy groups -OCH3 is 1. The molecule has 0 spiro atoms. The first-order valence-electron chi connectivity index (χ1n) is 11.0. The fourth-order valence-corrected chi connectivity index (χ4v) is 5.29. The van der Waals surface area contributed by atoms with Crippen molar-refractivity contribution in [2.75, 3.05) is 7.11 Å². The minimum absolute atomic E-state index is 0.259. The number of benzene rings is 1. The molecule has 2 aliphatic heterocycles. The van der Waals surface area contributed by atoms with Crippen LogP contribution in [-0.2, 0) is 5.54 Å². The van der Waals surface area contributed by atoms with Gasteiger partial charge >= 0.3 is 0 Å². The van der Waals surface area contributed by atoms with Crippen molar-refractivity contribution >= 4 is 17.5 Å². The van der Waals surface area contributed by atoms with E-state index in [1.165, 1.54) is 0 Å². The summed E-state index contributed by atoms with van der Waals surface area (Å²) >= 11 is 0. The highest BCUT2D eigenvalue weighted by molar-refractivity contribution is 5.94. The molecule has 5 N–H and O–H groups in total. The Morgan fingerprint density at radius 2 is 1.94 bits per heavy atom. The molecule has 1 aromatic carbocycles. The number of pyridine rings is 1. The monoisotopic (exact) mass is 453 g/mol. The number of ether oxygens (including phenoxy) is 1. The summed E-state index contributed by atoms with van der Waals surface area (Å²) in [6, 6.07) is 9.53. The number of para-hydroxylation sites is 1. The van der Waals surface area contributed by atoms with Gasteiger partial charge in [0.2, 0.25) is 5.96 Å². The van der Waals surface area contributed by atoms with E-state index in [9.17, 15) is 8.78 Å². The van der Waals surface area contributed by atoms with Crippen LogP contribution >= 0.6 is 0 Å². The van der Waals surface area contributed by atoms with Crippen LogP contribution in [0.4, 0.5) is 14.5 Å². The van der Waals surface area contributed by atoms with E-state index in [0.717, 1.165) is 29.9 Å². The van der Waals surface area contributed by atoms with Gasteiger partial charge in [0.25, 0.3) is 5.92 Å². The molecule has 1 unspecified atom stereocenters. The highest BCUT2D eigenvalue weighted by Gasteiger charge is 2.55. The second-order valence-corrected chi connectivity index (χ2v) is 9.44. The number of aromatic nitrogens is 1. The maximum Gasteiger partial charge on any atom is 0.252 e. The smallest absolute Gasteiger partial charge is 0.252 e. The standard InChI is InChI=1S/C23H25F2N7O/c1-33-17-4-2-3-15-18(17)29-21(26)32-20(15)30-19(31-32)13-7-12(8-13)16-6-5-14(9-28-16)22(27)10-23(24,25)11-22/h2-6,9,12-13,20H,7-8,10-11,27H2,1H3,(H2,26,29)(H,30,31). The Labute approximate surface area is 189 Å². The molecule has 8 nitrogen and oxygen atoms in total. The summed E-state index contributed by atoms with van der Waals surface area (Å²) in [5.74, 6) is -0.213. The summed E-state index contributed by atoms with van der Waals surface area (Å²) in [7, 11) is 1.61. The lowest BCUT2D eigenvalue weighted by atomic mass is 9.69. The average Bonchev–Trinajstić information content (AvgIpc) is 3.17. The van der Waals surface area contributed by atoms with Gasteiger partial charge < -0.3 is 16.2 Å². The number of fused-ring (bicyclic) bond motifs is 3. The van der Waals surface area contributed by atoms with Crippen LogP contribution in [-0.4, -0.2) is 34.8 Å². The lowest BCUT2D eigenvalue weighted by molar-refractivity contribution is -0.125. The third-order valence-corrected chi connectivity index (χ3v) is 7.19. The average molecular weight is 453 g/mol. The van der Waals surface area contributed by atoms with Crippen LogP contribution in [0.5, 0.6) is 5.75 Å². The van der Waals surface area contributed by atoms with Crippen molar-refractivity contribution < 1.29 is 13.5 Å². The zero-order chi connectivity index (χ0) is 23.0. The third-order valence-electron chi connectivity index (χ3n) is 7.19. The minimum atomic E-state index is -2.67. The Balaban J connectivity index is 1.14. The van der Waals surface area contributed by atoms with E-state index in [0.29, 0.717) is 28.9 Å². The van der Waals surface area contributed by atoms with Crippen LogP contribution in [0, 0.1) is 5.92 Å². The number of nitrogens with zero attached hydrogens (tertiary/aromatic N) is 4. The van der Waals surface area contributed by atoms with Crippen molar-refractivity contribution in [1.29, 1.82) is 0 Å². The number of nitrogens with two attached hydrogens (primary N) is 2. The molecule has 4 aliphatic rings. The Bertz CT molecular complexity index is 1170. The zero-order valence-electron chi connectivity index (χ0n) is 18.1. The van der Waals surface area contributed by atoms with E-state index < -0.39 is 11.5 Å². The van der Waals surface area contributed by atoms with E-state index in [1.807, 2.05) is 30.3 Å². The number of aliphatic imine (C=N–C) groups is 2. The number of nitrogens with one attached hydrogen (secondary N) is 1. The van der Waals surface area contributed by atoms with Crippen molar-refractivity contribution in [3.8, 4) is 5.75 Å². The topological polar surface area (TPSA) is 114 Å². The van der Waals surface area contributed by atoms with E-state index in [4.69, 9.17) is 21.2 Å². The number of guanidine groups is 1. The molecule has 2 saturated carbocycles. The number of hydrazine groups is 1. The van der Waals surface area contributed by atoms with Crippen molar-refractivity contribution in [1.82, 2.24) is 15.4 Å². The predicted molar refractivity (Wildman–Crippen MR) is 119 cm³/mol. The first kappa shape index (κ1) is 20.3. The SMILES string of the molecule is COc1cccc2c1N=C(N)N1NC(C3CC(c4ccc(C5(N)CC(F)(F)C5)cn4)C3)=NC21. The van der Waals surface area contributed by atoms with Crippen LogP contribution in [0.1, 0.15) is 54.6 Å². The molecular weight excluding hydrogens is 428 g/mol. The largest absolute Gasteiger partial charge is 0.494 e. The maximum absolute atomic E-state index is 13.3. The van der Waals surface area contributed by atoms with Gasteiger partial charge in [0.05, 0.1) is 12.6 Å². The molecule has 0 radical (unpaired) electrons. The first-order chi connectivity index (χ1) is 15.8. The Kier molecular flexibility index (Phi) is 4.23. The van der Waals surface area contributed by atoms with Gasteiger partial charge in [0, 0.05) is 42.1 Å². The van der Waals surface area contributed by atoms with E-state index in [1.54, 1.807) is 18.3 Å². The fourth-order valence-electron chi connectivity index (χ4n) is 5.29.